The number of benzene rings is 3. The Morgan fingerprint density at radius 3 is 2.52 bits per heavy atom. The molecule has 0 unspecified atom stereocenters. The van der Waals surface area contributed by atoms with Crippen LogP contribution in [0.2, 0.25) is 0 Å². The van der Waals surface area contributed by atoms with E-state index >= 15 is 0 Å². The molecule has 0 aliphatic rings. The highest BCUT2D eigenvalue weighted by atomic mass is 19.1. The Bertz CT molecular complexity index is 826. The van der Waals surface area contributed by atoms with Gasteiger partial charge < -0.3 is 0 Å². The minimum Gasteiger partial charge on any atom is -0.279 e. The van der Waals surface area contributed by atoms with Gasteiger partial charge in [-0.3, -0.25) is 5.43 Å². The van der Waals surface area contributed by atoms with E-state index in [0.29, 0.717) is 0 Å². The van der Waals surface area contributed by atoms with Gasteiger partial charge in [0.15, 0.2) is 0 Å². The highest BCUT2D eigenvalue weighted by molar-refractivity contribution is 5.83. The topological polar surface area (TPSA) is 24.4 Å². The Morgan fingerprint density at radius 1 is 0.913 bits per heavy atom. The summed E-state index contributed by atoms with van der Waals surface area (Å²) >= 11 is 0. The quantitative estimate of drug-likeness (QED) is 0.517. The molecule has 3 rings (SSSR count). The molecule has 23 heavy (non-hydrogen) atoms. The first-order valence-corrected chi connectivity index (χ1v) is 7.43. The van der Waals surface area contributed by atoms with Gasteiger partial charge in [-0.05, 0) is 59.5 Å². The largest absolute Gasteiger partial charge is 0.279 e. The number of hydrogen-bond donors (Lipinski definition) is 1. The van der Waals surface area contributed by atoms with Gasteiger partial charge in [0, 0.05) is 0 Å². The third-order valence-corrected chi connectivity index (χ3v) is 3.57. The number of nitrogens with one attached hydrogen (secondary N) is 1. The Morgan fingerprint density at radius 2 is 1.74 bits per heavy atom. The first kappa shape index (κ1) is 15.0. The van der Waals surface area contributed by atoms with Crippen molar-refractivity contribution in [1.82, 2.24) is 0 Å². The number of rotatable bonds is 4. The molecule has 0 fully saturated rings. The molecule has 3 aromatic rings. The second-order valence-corrected chi connectivity index (χ2v) is 5.32. The average Bonchev–Trinajstić information content (AvgIpc) is 2.56. The van der Waals surface area contributed by atoms with Crippen molar-refractivity contribution >= 4 is 11.9 Å². The van der Waals surface area contributed by atoms with Crippen LogP contribution >= 0.6 is 0 Å². The van der Waals surface area contributed by atoms with E-state index in [9.17, 15) is 4.39 Å². The van der Waals surface area contributed by atoms with Crippen LogP contribution in [0.1, 0.15) is 11.1 Å². The van der Waals surface area contributed by atoms with Gasteiger partial charge in [-0.25, -0.2) is 4.39 Å². The van der Waals surface area contributed by atoms with Gasteiger partial charge in [-0.1, -0.05) is 42.5 Å². The van der Waals surface area contributed by atoms with Crippen molar-refractivity contribution in [3.63, 3.8) is 0 Å². The number of hydrazone groups is 1. The molecule has 3 aromatic carbocycles. The van der Waals surface area contributed by atoms with Gasteiger partial charge in [0.1, 0.15) is 5.82 Å². The summed E-state index contributed by atoms with van der Waals surface area (Å²) in [6, 6.07) is 22.6. The molecule has 0 saturated heterocycles. The lowest BCUT2D eigenvalue weighted by atomic mass is 9.99. The molecule has 0 heterocycles. The smallest absolute Gasteiger partial charge is 0.123 e. The van der Waals surface area contributed by atoms with E-state index in [0.717, 1.165) is 27.9 Å². The maximum absolute atomic E-state index is 13.2. The molecular formula is C20H17FN2. The van der Waals surface area contributed by atoms with E-state index in [2.05, 4.69) is 10.5 Å². The first-order valence-electron chi connectivity index (χ1n) is 7.43. The van der Waals surface area contributed by atoms with E-state index in [1.807, 2.05) is 67.6 Å². The molecule has 0 radical (unpaired) electrons. The van der Waals surface area contributed by atoms with E-state index in [4.69, 9.17) is 0 Å². The first-order chi connectivity index (χ1) is 11.2. The lowest BCUT2D eigenvalue weighted by molar-refractivity contribution is 0.627. The van der Waals surface area contributed by atoms with Gasteiger partial charge in [0.2, 0.25) is 0 Å². The van der Waals surface area contributed by atoms with Crippen molar-refractivity contribution in [3.8, 4) is 11.1 Å². The number of anilines is 1. The molecule has 0 aromatic heterocycles. The lowest BCUT2D eigenvalue weighted by Crippen LogP contribution is -1.91. The van der Waals surface area contributed by atoms with Crippen molar-refractivity contribution in [3.05, 3.63) is 89.7 Å². The van der Waals surface area contributed by atoms with Gasteiger partial charge in [0.05, 0.1) is 11.9 Å². The van der Waals surface area contributed by atoms with Crippen LogP contribution in [0.4, 0.5) is 10.1 Å². The van der Waals surface area contributed by atoms with Gasteiger partial charge in [-0.2, -0.15) is 5.10 Å². The van der Waals surface area contributed by atoms with Crippen LogP contribution in [-0.2, 0) is 0 Å². The molecule has 0 atom stereocenters. The van der Waals surface area contributed by atoms with Crippen molar-refractivity contribution in [1.29, 1.82) is 0 Å². The third kappa shape index (κ3) is 3.83. The Hall–Kier alpha value is -2.94. The summed E-state index contributed by atoms with van der Waals surface area (Å²) in [4.78, 5) is 0. The zero-order valence-electron chi connectivity index (χ0n) is 12.8. The summed E-state index contributed by atoms with van der Waals surface area (Å²) in [6.45, 7) is 1.91. The summed E-state index contributed by atoms with van der Waals surface area (Å²) in [5, 5.41) is 4.25. The van der Waals surface area contributed by atoms with Crippen molar-refractivity contribution < 1.29 is 4.39 Å². The van der Waals surface area contributed by atoms with E-state index in [1.165, 1.54) is 6.07 Å². The van der Waals surface area contributed by atoms with Crippen LogP contribution < -0.4 is 5.43 Å². The van der Waals surface area contributed by atoms with Gasteiger partial charge in [-0.15, -0.1) is 0 Å². The fourth-order valence-electron chi connectivity index (χ4n) is 2.43. The third-order valence-electron chi connectivity index (χ3n) is 3.57. The average molecular weight is 304 g/mol. The number of aryl methyl sites for hydroxylation is 1. The number of nitrogens with zero attached hydrogens (tertiary/aromatic N) is 1. The maximum atomic E-state index is 13.2. The summed E-state index contributed by atoms with van der Waals surface area (Å²) in [5.41, 5.74) is 7.90. The lowest BCUT2D eigenvalue weighted by Gasteiger charge is -2.07. The fraction of sp³-hybridized carbons (Fsp3) is 0.0500. The second kappa shape index (κ2) is 6.88. The summed E-state index contributed by atoms with van der Waals surface area (Å²) in [6.07, 6.45) is 1.77. The van der Waals surface area contributed by atoms with Crippen LogP contribution in [0.5, 0.6) is 0 Å². The number of para-hydroxylation sites is 1. The van der Waals surface area contributed by atoms with Crippen molar-refractivity contribution in [2.24, 2.45) is 5.10 Å². The summed E-state index contributed by atoms with van der Waals surface area (Å²) in [5.74, 6) is -0.212. The highest BCUT2D eigenvalue weighted by Gasteiger charge is 2.03. The predicted octanol–water partition coefficient (Wildman–Crippen LogP) is 5.25. The fourth-order valence-corrected chi connectivity index (χ4v) is 2.43. The zero-order chi connectivity index (χ0) is 16.1. The van der Waals surface area contributed by atoms with Crippen molar-refractivity contribution in [2.75, 3.05) is 5.43 Å². The molecule has 2 nitrogen and oxygen atoms in total. The predicted molar refractivity (Wildman–Crippen MR) is 94.2 cm³/mol. The van der Waals surface area contributed by atoms with Crippen LogP contribution in [0.3, 0.4) is 0 Å². The molecule has 114 valence electrons. The summed E-state index contributed by atoms with van der Waals surface area (Å²) in [7, 11) is 0. The molecule has 1 N–H and O–H groups in total. The zero-order valence-corrected chi connectivity index (χ0v) is 12.8. The molecule has 0 bridgehead atoms. The van der Waals surface area contributed by atoms with Crippen LogP contribution in [0.15, 0.2) is 77.9 Å². The van der Waals surface area contributed by atoms with Crippen LogP contribution in [-0.4, -0.2) is 6.21 Å². The SMILES string of the molecule is Cc1cc(F)ccc1-c1cccc(C=NNc2ccccc2)c1. The maximum Gasteiger partial charge on any atom is 0.123 e. The summed E-state index contributed by atoms with van der Waals surface area (Å²) < 4.78 is 13.2. The standard InChI is InChI=1S/C20H17FN2/c1-15-12-18(21)10-11-20(15)17-7-5-6-16(13-17)14-22-23-19-8-3-2-4-9-19/h2-14,23H,1H3. The van der Waals surface area contributed by atoms with Gasteiger partial charge in [0.25, 0.3) is 0 Å². The Balaban J connectivity index is 1.80. The van der Waals surface area contributed by atoms with Gasteiger partial charge >= 0.3 is 0 Å². The molecule has 3 heteroatoms. The van der Waals surface area contributed by atoms with Crippen LogP contribution in [0, 0.1) is 12.7 Å². The molecule has 0 spiro atoms. The molecular weight excluding hydrogens is 287 g/mol. The minimum atomic E-state index is -0.212. The van der Waals surface area contributed by atoms with E-state index < -0.39 is 0 Å². The molecule has 0 amide bonds. The van der Waals surface area contributed by atoms with Crippen molar-refractivity contribution in [2.45, 2.75) is 6.92 Å². The monoisotopic (exact) mass is 304 g/mol. The Labute approximate surface area is 135 Å². The molecule has 0 aliphatic heterocycles. The molecule has 0 saturated carbocycles. The Kier molecular flexibility index (Phi) is 4.48. The minimum absolute atomic E-state index is 0.212. The number of hydrogen-bond acceptors (Lipinski definition) is 2. The molecule has 0 aliphatic carbocycles. The van der Waals surface area contributed by atoms with E-state index in [1.54, 1.807) is 12.3 Å². The highest BCUT2D eigenvalue weighted by Crippen LogP contribution is 2.24. The van der Waals surface area contributed by atoms with Crippen LogP contribution in [0.25, 0.3) is 11.1 Å². The normalized spacial score (nSPS) is 10.9. The van der Waals surface area contributed by atoms with E-state index in [-0.39, 0.29) is 5.82 Å². The number of halogens is 1. The second-order valence-electron chi connectivity index (χ2n) is 5.32.